The Balaban J connectivity index is 2.22. The molecule has 2 amide bonds. The third-order valence-electron chi connectivity index (χ3n) is 3.93. The van der Waals surface area contributed by atoms with Crippen LogP contribution in [0.25, 0.3) is 0 Å². The normalized spacial score (nSPS) is 14.1. The summed E-state index contributed by atoms with van der Waals surface area (Å²) in [6, 6.07) is 5.62. The highest BCUT2D eigenvalue weighted by molar-refractivity contribution is 6.18. The van der Waals surface area contributed by atoms with Gasteiger partial charge in [-0.3, -0.25) is 9.59 Å². The van der Waals surface area contributed by atoms with Crippen LogP contribution in [-0.4, -0.2) is 36.8 Å². The van der Waals surface area contributed by atoms with Crippen molar-refractivity contribution in [1.29, 1.82) is 0 Å². The first kappa shape index (κ1) is 18.6. The fourth-order valence-corrected chi connectivity index (χ4v) is 2.95. The van der Waals surface area contributed by atoms with Gasteiger partial charge in [0.1, 0.15) is 0 Å². The summed E-state index contributed by atoms with van der Waals surface area (Å²) < 4.78 is 0. The number of nitrogens with one attached hydrogen (secondary N) is 2. The number of carbonyl (C=O) groups excluding carboxylic acids is 2. The third kappa shape index (κ3) is 5.13. The van der Waals surface area contributed by atoms with Gasteiger partial charge in [0, 0.05) is 42.8 Å². The Labute approximate surface area is 148 Å². The Morgan fingerprint density at radius 2 is 1.96 bits per heavy atom. The molecule has 24 heavy (non-hydrogen) atoms. The van der Waals surface area contributed by atoms with Crippen molar-refractivity contribution in [3.05, 3.63) is 23.8 Å². The summed E-state index contributed by atoms with van der Waals surface area (Å²) in [5, 5.41) is 5.79. The molecule has 6 heteroatoms. The first-order valence-electron chi connectivity index (χ1n) is 8.57. The Hall–Kier alpha value is -1.75. The van der Waals surface area contributed by atoms with E-state index >= 15 is 0 Å². The number of anilines is 2. The lowest BCUT2D eigenvalue weighted by Crippen LogP contribution is -2.32. The van der Waals surface area contributed by atoms with Crippen molar-refractivity contribution in [2.75, 3.05) is 29.2 Å². The molecular weight excluding hydrogens is 326 g/mol. The average Bonchev–Trinajstić information content (AvgIpc) is 3.06. The minimum absolute atomic E-state index is 0.0610. The molecule has 0 bridgehead atoms. The second kappa shape index (κ2) is 8.92. The van der Waals surface area contributed by atoms with Crippen molar-refractivity contribution >= 4 is 34.8 Å². The highest BCUT2D eigenvalue weighted by Gasteiger charge is 2.20. The highest BCUT2D eigenvalue weighted by Crippen LogP contribution is 2.27. The van der Waals surface area contributed by atoms with Crippen LogP contribution in [0.15, 0.2) is 18.2 Å². The van der Waals surface area contributed by atoms with Crippen LogP contribution in [0.4, 0.5) is 11.4 Å². The molecule has 1 aromatic carbocycles. The second-order valence-electron chi connectivity index (χ2n) is 6.39. The lowest BCUT2D eigenvalue weighted by atomic mass is 10.1. The molecule has 0 aliphatic carbocycles. The predicted molar refractivity (Wildman–Crippen MR) is 99.1 cm³/mol. The zero-order valence-corrected chi connectivity index (χ0v) is 15.2. The quantitative estimate of drug-likeness (QED) is 0.740. The molecule has 1 heterocycles. The van der Waals surface area contributed by atoms with E-state index in [1.807, 2.05) is 26.0 Å². The average molecular weight is 352 g/mol. The molecule has 1 aromatic rings. The minimum Gasteiger partial charge on any atom is -0.371 e. The van der Waals surface area contributed by atoms with Gasteiger partial charge in [0.25, 0.3) is 5.91 Å². The lowest BCUT2D eigenvalue weighted by molar-refractivity contribution is -0.116. The summed E-state index contributed by atoms with van der Waals surface area (Å²) in [7, 11) is 0. The maximum atomic E-state index is 12.6. The van der Waals surface area contributed by atoms with E-state index in [1.54, 1.807) is 6.07 Å². The Morgan fingerprint density at radius 3 is 2.58 bits per heavy atom. The molecule has 0 saturated carbocycles. The van der Waals surface area contributed by atoms with E-state index in [-0.39, 0.29) is 17.9 Å². The van der Waals surface area contributed by atoms with Crippen molar-refractivity contribution < 1.29 is 9.59 Å². The summed E-state index contributed by atoms with van der Waals surface area (Å²) in [6.07, 6.45) is 3.30. The van der Waals surface area contributed by atoms with Gasteiger partial charge in [-0.25, -0.2) is 0 Å². The Kier molecular flexibility index (Phi) is 6.91. The predicted octanol–water partition coefficient (Wildman–Crippen LogP) is 3.38. The van der Waals surface area contributed by atoms with Gasteiger partial charge in [-0.2, -0.15) is 0 Å². The zero-order valence-electron chi connectivity index (χ0n) is 14.4. The molecular formula is C18H26ClN3O2. The number of carbonyl (C=O) groups is 2. The van der Waals surface area contributed by atoms with E-state index in [2.05, 4.69) is 15.5 Å². The van der Waals surface area contributed by atoms with Crippen molar-refractivity contribution in [3.63, 3.8) is 0 Å². The van der Waals surface area contributed by atoms with Crippen LogP contribution >= 0.6 is 11.6 Å². The molecule has 1 fully saturated rings. The number of hydrogen-bond acceptors (Lipinski definition) is 3. The first-order chi connectivity index (χ1) is 11.5. The number of benzene rings is 1. The first-order valence-corrected chi connectivity index (χ1v) is 9.10. The molecule has 5 nitrogen and oxygen atoms in total. The monoisotopic (exact) mass is 351 g/mol. The number of halogens is 1. The van der Waals surface area contributed by atoms with Gasteiger partial charge in [0.2, 0.25) is 5.91 Å². The lowest BCUT2D eigenvalue weighted by Gasteiger charge is -2.22. The molecule has 1 aliphatic rings. The van der Waals surface area contributed by atoms with E-state index in [4.69, 9.17) is 11.6 Å². The van der Waals surface area contributed by atoms with Crippen LogP contribution in [0.3, 0.4) is 0 Å². The maximum Gasteiger partial charge on any atom is 0.253 e. The molecule has 132 valence electrons. The molecule has 0 aromatic heterocycles. The molecule has 1 saturated heterocycles. The Bertz CT molecular complexity index is 584. The molecule has 0 atom stereocenters. The van der Waals surface area contributed by atoms with Crippen LogP contribution in [0.1, 0.15) is 49.9 Å². The van der Waals surface area contributed by atoms with E-state index in [1.165, 1.54) is 0 Å². The van der Waals surface area contributed by atoms with Crippen LogP contribution in [0.2, 0.25) is 0 Å². The molecule has 0 radical (unpaired) electrons. The second-order valence-corrected chi connectivity index (χ2v) is 6.77. The maximum absolute atomic E-state index is 12.6. The van der Waals surface area contributed by atoms with Crippen LogP contribution in [0.5, 0.6) is 0 Å². The van der Waals surface area contributed by atoms with E-state index < -0.39 is 0 Å². The van der Waals surface area contributed by atoms with E-state index in [9.17, 15) is 9.59 Å². The van der Waals surface area contributed by atoms with E-state index in [0.717, 1.165) is 31.6 Å². The summed E-state index contributed by atoms with van der Waals surface area (Å²) in [5.74, 6) is 0.271. The summed E-state index contributed by atoms with van der Waals surface area (Å²) in [5.41, 5.74) is 2.19. The standard InChI is InChI=1S/C18H26ClN3O2/c1-13(2)20-18(24)15-12-14(21-17(23)6-5-9-19)7-8-16(15)22-10-3-4-11-22/h7-8,12-13H,3-6,9-11H2,1-2H3,(H,20,24)(H,21,23). The minimum atomic E-state index is -0.108. The van der Waals surface area contributed by atoms with Crippen LogP contribution in [0, 0.1) is 0 Å². The smallest absolute Gasteiger partial charge is 0.253 e. The van der Waals surface area contributed by atoms with Gasteiger partial charge in [-0.1, -0.05) is 0 Å². The van der Waals surface area contributed by atoms with Gasteiger partial charge in [-0.15, -0.1) is 11.6 Å². The number of rotatable bonds is 7. The Morgan fingerprint density at radius 1 is 1.25 bits per heavy atom. The number of alkyl halides is 1. The van der Waals surface area contributed by atoms with Crippen molar-refractivity contribution in [1.82, 2.24) is 5.32 Å². The van der Waals surface area contributed by atoms with Crippen molar-refractivity contribution in [3.8, 4) is 0 Å². The fraction of sp³-hybridized carbons (Fsp3) is 0.556. The number of nitrogens with zero attached hydrogens (tertiary/aromatic N) is 1. The highest BCUT2D eigenvalue weighted by atomic mass is 35.5. The van der Waals surface area contributed by atoms with Gasteiger partial charge >= 0.3 is 0 Å². The van der Waals surface area contributed by atoms with Gasteiger partial charge in [-0.05, 0) is 51.3 Å². The molecule has 2 rings (SSSR count). The summed E-state index contributed by atoms with van der Waals surface area (Å²) >= 11 is 5.62. The topological polar surface area (TPSA) is 61.4 Å². The van der Waals surface area contributed by atoms with Gasteiger partial charge in [0.15, 0.2) is 0 Å². The summed E-state index contributed by atoms with van der Waals surface area (Å²) in [6.45, 7) is 5.79. The molecule has 0 unspecified atom stereocenters. The fourth-order valence-electron chi connectivity index (χ4n) is 2.82. The zero-order chi connectivity index (χ0) is 17.5. The SMILES string of the molecule is CC(C)NC(=O)c1cc(NC(=O)CCCCl)ccc1N1CCCC1. The molecule has 0 spiro atoms. The third-order valence-corrected chi connectivity index (χ3v) is 4.20. The number of hydrogen-bond donors (Lipinski definition) is 2. The van der Waals surface area contributed by atoms with Crippen molar-refractivity contribution in [2.45, 2.75) is 45.6 Å². The molecule has 2 N–H and O–H groups in total. The van der Waals surface area contributed by atoms with E-state index in [0.29, 0.717) is 30.0 Å². The molecule has 1 aliphatic heterocycles. The van der Waals surface area contributed by atoms with Crippen LogP contribution < -0.4 is 15.5 Å². The summed E-state index contributed by atoms with van der Waals surface area (Å²) in [4.78, 5) is 26.7. The van der Waals surface area contributed by atoms with Crippen LogP contribution in [-0.2, 0) is 4.79 Å². The largest absolute Gasteiger partial charge is 0.371 e. The van der Waals surface area contributed by atoms with Crippen molar-refractivity contribution in [2.24, 2.45) is 0 Å². The van der Waals surface area contributed by atoms with Gasteiger partial charge in [0.05, 0.1) is 5.56 Å². The van der Waals surface area contributed by atoms with Gasteiger partial charge < -0.3 is 15.5 Å². The number of amides is 2.